The maximum absolute atomic E-state index is 11.7. The van der Waals surface area contributed by atoms with Gasteiger partial charge in [0.25, 0.3) is 5.56 Å². The zero-order chi connectivity index (χ0) is 15.2. The first-order valence-electron chi connectivity index (χ1n) is 6.40. The Balaban J connectivity index is 1.98. The standard InChI is InChI=1S/C14H15N3O3S/c1-9-2-4-10(5-3-9)8-21-14-15-13(20)11(16-17-14)6-7-12(18)19/h2-5H,6-8H2,1H3,(H,18,19)(H,15,17,20). The molecule has 0 saturated carbocycles. The van der Waals surface area contributed by atoms with Crippen molar-refractivity contribution in [2.24, 2.45) is 0 Å². The Morgan fingerprint density at radius 1 is 1.29 bits per heavy atom. The second-order valence-electron chi connectivity index (χ2n) is 4.57. The van der Waals surface area contributed by atoms with E-state index in [0.717, 1.165) is 5.56 Å². The Hall–Kier alpha value is -2.15. The molecule has 0 aliphatic rings. The number of nitrogens with zero attached hydrogens (tertiary/aromatic N) is 2. The van der Waals surface area contributed by atoms with Crippen LogP contribution < -0.4 is 5.56 Å². The van der Waals surface area contributed by atoms with Crippen LogP contribution >= 0.6 is 11.8 Å². The van der Waals surface area contributed by atoms with Gasteiger partial charge in [0.2, 0.25) is 0 Å². The first kappa shape index (κ1) is 15.2. The van der Waals surface area contributed by atoms with E-state index in [2.05, 4.69) is 15.2 Å². The lowest BCUT2D eigenvalue weighted by Crippen LogP contribution is -2.18. The zero-order valence-corrected chi connectivity index (χ0v) is 12.3. The van der Waals surface area contributed by atoms with Crippen LogP contribution in [-0.4, -0.2) is 26.3 Å². The van der Waals surface area contributed by atoms with Gasteiger partial charge >= 0.3 is 5.97 Å². The topological polar surface area (TPSA) is 95.9 Å². The van der Waals surface area contributed by atoms with E-state index < -0.39 is 5.97 Å². The predicted octanol–water partition coefficient (Wildman–Crippen LogP) is 1.78. The van der Waals surface area contributed by atoms with E-state index in [4.69, 9.17) is 5.11 Å². The summed E-state index contributed by atoms with van der Waals surface area (Å²) in [7, 11) is 0. The third-order valence-corrected chi connectivity index (χ3v) is 3.75. The number of aliphatic carboxylic acids is 1. The molecule has 0 unspecified atom stereocenters. The predicted molar refractivity (Wildman–Crippen MR) is 79.3 cm³/mol. The molecule has 0 radical (unpaired) electrons. The first-order valence-corrected chi connectivity index (χ1v) is 7.39. The number of hydrogen-bond acceptors (Lipinski definition) is 5. The molecule has 2 N–H and O–H groups in total. The molecule has 6 nitrogen and oxygen atoms in total. The number of nitrogens with one attached hydrogen (secondary N) is 1. The van der Waals surface area contributed by atoms with Crippen molar-refractivity contribution in [3.63, 3.8) is 0 Å². The highest BCUT2D eigenvalue weighted by molar-refractivity contribution is 7.98. The highest BCUT2D eigenvalue weighted by atomic mass is 32.2. The third kappa shape index (κ3) is 4.71. The number of carboxylic acid groups (broad SMARTS) is 1. The van der Waals surface area contributed by atoms with Gasteiger partial charge in [-0.05, 0) is 12.5 Å². The van der Waals surface area contributed by atoms with Crippen molar-refractivity contribution in [3.8, 4) is 0 Å². The second kappa shape index (κ2) is 7.03. The lowest BCUT2D eigenvalue weighted by molar-refractivity contribution is -0.136. The van der Waals surface area contributed by atoms with Crippen molar-refractivity contribution in [2.45, 2.75) is 30.7 Å². The minimum Gasteiger partial charge on any atom is -0.481 e. The summed E-state index contributed by atoms with van der Waals surface area (Å²) < 4.78 is 0. The van der Waals surface area contributed by atoms with Gasteiger partial charge in [0.05, 0.1) is 6.42 Å². The highest BCUT2D eigenvalue weighted by Gasteiger charge is 2.07. The molecule has 110 valence electrons. The summed E-state index contributed by atoms with van der Waals surface area (Å²) in [6, 6.07) is 8.10. The Labute approximate surface area is 125 Å². The van der Waals surface area contributed by atoms with Gasteiger partial charge in [0.1, 0.15) is 5.69 Å². The number of aromatic nitrogens is 3. The van der Waals surface area contributed by atoms with E-state index >= 15 is 0 Å². The van der Waals surface area contributed by atoms with Gasteiger partial charge in [-0.3, -0.25) is 14.6 Å². The van der Waals surface area contributed by atoms with E-state index in [-0.39, 0.29) is 24.1 Å². The summed E-state index contributed by atoms with van der Waals surface area (Å²) in [4.78, 5) is 24.8. The summed E-state index contributed by atoms with van der Waals surface area (Å²) in [6.45, 7) is 2.02. The van der Waals surface area contributed by atoms with Crippen LogP contribution in [0.1, 0.15) is 23.2 Å². The van der Waals surface area contributed by atoms with E-state index in [1.807, 2.05) is 31.2 Å². The summed E-state index contributed by atoms with van der Waals surface area (Å²) in [5, 5.41) is 16.7. The van der Waals surface area contributed by atoms with Crippen LogP contribution in [0.15, 0.2) is 34.2 Å². The summed E-state index contributed by atoms with van der Waals surface area (Å²) in [6.07, 6.45) is -0.0474. The molecule has 0 amide bonds. The normalized spacial score (nSPS) is 10.5. The Kier molecular flexibility index (Phi) is 5.10. The van der Waals surface area contributed by atoms with E-state index in [9.17, 15) is 9.59 Å². The summed E-state index contributed by atoms with van der Waals surface area (Å²) in [5.41, 5.74) is 2.10. The lowest BCUT2D eigenvalue weighted by Gasteiger charge is -2.02. The van der Waals surface area contributed by atoms with Gasteiger partial charge in [-0.25, -0.2) is 0 Å². The van der Waals surface area contributed by atoms with Crippen molar-refractivity contribution in [3.05, 3.63) is 51.4 Å². The van der Waals surface area contributed by atoms with Gasteiger partial charge in [0, 0.05) is 12.2 Å². The molecule has 2 rings (SSSR count). The molecule has 0 aliphatic heterocycles. The number of aryl methyl sites for hydroxylation is 2. The van der Waals surface area contributed by atoms with Crippen LogP contribution in [0.3, 0.4) is 0 Å². The Morgan fingerprint density at radius 2 is 2.00 bits per heavy atom. The van der Waals surface area contributed by atoms with E-state index in [1.54, 1.807) is 0 Å². The van der Waals surface area contributed by atoms with Crippen molar-refractivity contribution in [2.75, 3.05) is 0 Å². The van der Waals surface area contributed by atoms with E-state index in [1.165, 1.54) is 17.3 Å². The van der Waals surface area contributed by atoms with Crippen molar-refractivity contribution in [1.82, 2.24) is 15.2 Å². The maximum Gasteiger partial charge on any atom is 0.303 e. The molecule has 0 spiro atoms. The molecule has 0 bridgehead atoms. The fraction of sp³-hybridized carbons (Fsp3) is 0.286. The van der Waals surface area contributed by atoms with Gasteiger partial charge in [-0.2, -0.15) is 0 Å². The molecule has 1 aromatic carbocycles. The highest BCUT2D eigenvalue weighted by Crippen LogP contribution is 2.17. The smallest absolute Gasteiger partial charge is 0.303 e. The monoisotopic (exact) mass is 305 g/mol. The molecule has 1 aromatic heterocycles. The largest absolute Gasteiger partial charge is 0.481 e. The molecular weight excluding hydrogens is 290 g/mol. The number of carbonyl (C=O) groups is 1. The van der Waals surface area contributed by atoms with Gasteiger partial charge < -0.3 is 5.11 Å². The van der Waals surface area contributed by atoms with Gasteiger partial charge in [-0.15, -0.1) is 10.2 Å². The second-order valence-corrected chi connectivity index (χ2v) is 5.54. The number of H-pyrrole nitrogens is 1. The van der Waals surface area contributed by atoms with Gasteiger partial charge in [0.15, 0.2) is 5.16 Å². The number of rotatable bonds is 6. The third-order valence-electron chi connectivity index (χ3n) is 2.82. The zero-order valence-electron chi connectivity index (χ0n) is 11.5. The molecule has 0 aliphatic carbocycles. The minimum atomic E-state index is -0.964. The fourth-order valence-corrected chi connectivity index (χ4v) is 2.39. The van der Waals surface area contributed by atoms with Crippen LogP contribution in [0.2, 0.25) is 0 Å². The molecule has 7 heteroatoms. The summed E-state index contributed by atoms with van der Waals surface area (Å²) in [5.74, 6) is -0.284. The van der Waals surface area contributed by atoms with Crippen molar-refractivity contribution < 1.29 is 9.90 Å². The fourth-order valence-electron chi connectivity index (χ4n) is 1.64. The average molecular weight is 305 g/mol. The number of carboxylic acids is 1. The molecule has 0 fully saturated rings. The molecule has 21 heavy (non-hydrogen) atoms. The van der Waals surface area contributed by atoms with Crippen molar-refractivity contribution in [1.29, 1.82) is 0 Å². The van der Waals surface area contributed by atoms with Gasteiger partial charge in [-0.1, -0.05) is 41.6 Å². The molecule has 0 atom stereocenters. The first-order chi connectivity index (χ1) is 10.0. The van der Waals surface area contributed by atoms with Crippen LogP contribution in [-0.2, 0) is 17.0 Å². The number of thioether (sulfide) groups is 1. The van der Waals surface area contributed by atoms with Crippen LogP contribution in [0, 0.1) is 6.92 Å². The van der Waals surface area contributed by atoms with Crippen molar-refractivity contribution >= 4 is 17.7 Å². The van der Waals surface area contributed by atoms with Crippen LogP contribution in [0.5, 0.6) is 0 Å². The Morgan fingerprint density at radius 3 is 2.62 bits per heavy atom. The SMILES string of the molecule is Cc1ccc(CSc2nnc(CCC(=O)O)c(=O)[nH]2)cc1. The van der Waals surface area contributed by atoms with E-state index in [0.29, 0.717) is 10.9 Å². The van der Waals surface area contributed by atoms with Crippen LogP contribution in [0.4, 0.5) is 0 Å². The number of aromatic amines is 1. The maximum atomic E-state index is 11.7. The molecule has 0 saturated heterocycles. The molecule has 1 heterocycles. The summed E-state index contributed by atoms with van der Waals surface area (Å²) >= 11 is 1.38. The molecular formula is C14H15N3O3S. The average Bonchev–Trinajstić information content (AvgIpc) is 2.45. The van der Waals surface area contributed by atoms with Crippen LogP contribution in [0.25, 0.3) is 0 Å². The number of hydrogen-bond donors (Lipinski definition) is 2. The lowest BCUT2D eigenvalue weighted by atomic mass is 10.2. The molecule has 2 aromatic rings. The number of benzene rings is 1. The quantitative estimate of drug-likeness (QED) is 0.790. The Bertz CT molecular complexity index is 683. The minimum absolute atomic E-state index is 0.0839.